The summed E-state index contributed by atoms with van der Waals surface area (Å²) in [6, 6.07) is 21.2. The van der Waals surface area contributed by atoms with Gasteiger partial charge in [0, 0.05) is 31.1 Å². The smallest absolute Gasteiger partial charge is 0.208 e. The lowest BCUT2D eigenvalue weighted by Crippen LogP contribution is -2.58. The van der Waals surface area contributed by atoms with Gasteiger partial charge in [-0.05, 0) is 49.1 Å². The van der Waals surface area contributed by atoms with Crippen molar-refractivity contribution >= 4 is 10.0 Å². The Morgan fingerprint density at radius 3 is 2.24 bits per heavy atom. The highest BCUT2D eigenvalue weighted by molar-refractivity contribution is 7.88. The predicted molar refractivity (Wildman–Crippen MR) is 134 cm³/mol. The summed E-state index contributed by atoms with van der Waals surface area (Å²) in [4.78, 5) is 2.44. The van der Waals surface area contributed by atoms with Crippen LogP contribution in [0.2, 0.25) is 0 Å². The molecule has 180 valence electrons. The van der Waals surface area contributed by atoms with Crippen LogP contribution < -0.4 is 4.72 Å². The molecule has 0 radical (unpaired) electrons. The highest BCUT2D eigenvalue weighted by Crippen LogP contribution is 2.36. The lowest BCUT2D eigenvalue weighted by molar-refractivity contribution is -0.0584. The van der Waals surface area contributed by atoms with Crippen LogP contribution in [-0.2, 0) is 21.3 Å². The highest BCUT2D eigenvalue weighted by atomic mass is 32.2. The molecule has 0 amide bonds. The largest absolute Gasteiger partial charge is 0.378 e. The van der Waals surface area contributed by atoms with Crippen molar-refractivity contribution in [1.29, 1.82) is 0 Å². The van der Waals surface area contributed by atoms with E-state index < -0.39 is 10.0 Å². The van der Waals surface area contributed by atoms with Gasteiger partial charge < -0.3 is 4.74 Å². The Labute approximate surface area is 199 Å². The molecule has 1 heterocycles. The van der Waals surface area contributed by atoms with Gasteiger partial charge in [-0.2, -0.15) is 0 Å². The predicted octanol–water partition coefficient (Wildman–Crippen LogP) is 4.56. The van der Waals surface area contributed by atoms with Crippen molar-refractivity contribution in [2.75, 3.05) is 26.0 Å². The molecule has 6 heteroatoms. The van der Waals surface area contributed by atoms with Gasteiger partial charge >= 0.3 is 0 Å². The van der Waals surface area contributed by atoms with Crippen molar-refractivity contribution < 1.29 is 13.2 Å². The fourth-order valence-electron chi connectivity index (χ4n) is 5.54. The molecule has 1 aliphatic heterocycles. The van der Waals surface area contributed by atoms with Gasteiger partial charge in [0.15, 0.2) is 0 Å². The summed E-state index contributed by atoms with van der Waals surface area (Å²) >= 11 is 0. The summed E-state index contributed by atoms with van der Waals surface area (Å²) in [5, 5.41) is 0. The van der Waals surface area contributed by atoms with E-state index in [1.807, 2.05) is 6.07 Å². The van der Waals surface area contributed by atoms with E-state index in [0.717, 1.165) is 51.7 Å². The van der Waals surface area contributed by atoms with Gasteiger partial charge in [-0.15, -0.1) is 0 Å². The van der Waals surface area contributed by atoms with Gasteiger partial charge in [0.1, 0.15) is 0 Å². The van der Waals surface area contributed by atoms with Crippen molar-refractivity contribution in [2.45, 2.75) is 63.6 Å². The lowest BCUT2D eigenvalue weighted by atomic mass is 9.78. The molecule has 0 aromatic heterocycles. The van der Waals surface area contributed by atoms with Crippen molar-refractivity contribution in [3.63, 3.8) is 0 Å². The number of ether oxygens (including phenoxy) is 1. The molecule has 0 spiro atoms. The number of benzene rings is 2. The standard InChI is InChI=1S/C27H38N2O3S/c1-27(21-32-25-15-13-24(14-16-25)23-11-7-4-8-12-23)20-29(19-22-9-5-3-6-10-22)18-17-26(27)28-33(2,30)31/h3-12,24-26,28H,13-21H2,1-2H3. The van der Waals surface area contributed by atoms with E-state index in [0.29, 0.717) is 12.5 Å². The fourth-order valence-corrected chi connectivity index (χ4v) is 6.46. The number of hydrogen-bond acceptors (Lipinski definition) is 4. The summed E-state index contributed by atoms with van der Waals surface area (Å²) in [7, 11) is -3.28. The monoisotopic (exact) mass is 470 g/mol. The van der Waals surface area contributed by atoms with Crippen molar-refractivity contribution in [3.05, 3.63) is 71.8 Å². The molecule has 5 nitrogen and oxygen atoms in total. The summed E-state index contributed by atoms with van der Waals surface area (Å²) in [5.41, 5.74) is 2.45. The maximum Gasteiger partial charge on any atom is 0.208 e. The van der Waals surface area contributed by atoms with Gasteiger partial charge in [-0.25, -0.2) is 13.1 Å². The Balaban J connectivity index is 1.37. The molecule has 1 aliphatic carbocycles. The van der Waals surface area contributed by atoms with Crippen LogP contribution in [0.25, 0.3) is 0 Å². The van der Waals surface area contributed by atoms with E-state index in [-0.39, 0.29) is 17.6 Å². The molecule has 2 aromatic rings. The minimum atomic E-state index is -3.28. The van der Waals surface area contributed by atoms with Crippen molar-refractivity contribution in [3.8, 4) is 0 Å². The molecule has 2 fully saturated rings. The van der Waals surface area contributed by atoms with E-state index in [1.165, 1.54) is 17.4 Å². The molecule has 33 heavy (non-hydrogen) atoms. The minimum absolute atomic E-state index is 0.111. The number of rotatable bonds is 8. The third-order valence-corrected chi connectivity index (χ3v) is 8.07. The quantitative estimate of drug-likeness (QED) is 0.615. The van der Waals surface area contributed by atoms with Gasteiger partial charge in [0.25, 0.3) is 0 Å². The van der Waals surface area contributed by atoms with Gasteiger partial charge in [-0.1, -0.05) is 67.6 Å². The third kappa shape index (κ3) is 6.89. The van der Waals surface area contributed by atoms with Crippen molar-refractivity contribution in [1.82, 2.24) is 9.62 Å². The Morgan fingerprint density at radius 1 is 0.970 bits per heavy atom. The average Bonchev–Trinajstić information content (AvgIpc) is 2.81. The Morgan fingerprint density at radius 2 is 1.61 bits per heavy atom. The van der Waals surface area contributed by atoms with Gasteiger partial charge in [-0.3, -0.25) is 4.90 Å². The number of nitrogens with zero attached hydrogens (tertiary/aromatic N) is 1. The lowest BCUT2D eigenvalue weighted by Gasteiger charge is -2.47. The molecule has 2 aliphatic rings. The van der Waals surface area contributed by atoms with Gasteiger partial charge in [0.2, 0.25) is 10.0 Å². The first-order chi connectivity index (χ1) is 15.8. The summed E-state index contributed by atoms with van der Waals surface area (Å²) < 4.78 is 33.5. The van der Waals surface area contributed by atoms with E-state index in [1.54, 1.807) is 0 Å². The van der Waals surface area contributed by atoms with Crippen LogP contribution in [0.1, 0.15) is 56.1 Å². The number of piperidine rings is 1. The number of hydrogen-bond donors (Lipinski definition) is 1. The van der Waals surface area contributed by atoms with E-state index >= 15 is 0 Å². The summed E-state index contributed by atoms with van der Waals surface area (Å²) in [6.07, 6.45) is 6.73. The summed E-state index contributed by atoms with van der Waals surface area (Å²) in [6.45, 7) is 5.33. The molecule has 2 aromatic carbocycles. The molecule has 1 N–H and O–H groups in total. The SMILES string of the molecule is CC1(COC2CCC(c3ccccc3)CC2)CN(Cc2ccccc2)CCC1NS(C)(=O)=O. The van der Waals surface area contributed by atoms with Gasteiger partial charge in [0.05, 0.1) is 19.0 Å². The normalized spacial score (nSPS) is 29.1. The molecule has 4 rings (SSSR count). The second-order valence-electron chi connectivity index (χ2n) is 10.3. The maximum atomic E-state index is 12.1. The Kier molecular flexibility index (Phi) is 7.90. The van der Waals surface area contributed by atoms with Crippen LogP contribution in [0.3, 0.4) is 0 Å². The number of sulfonamides is 1. The molecule has 1 saturated heterocycles. The first-order valence-electron chi connectivity index (χ1n) is 12.2. The molecule has 0 bridgehead atoms. The molecule has 2 atom stereocenters. The highest BCUT2D eigenvalue weighted by Gasteiger charge is 2.42. The van der Waals surface area contributed by atoms with E-state index in [4.69, 9.17) is 4.74 Å². The summed E-state index contributed by atoms with van der Waals surface area (Å²) in [5.74, 6) is 0.623. The zero-order chi connectivity index (χ0) is 23.3. The topological polar surface area (TPSA) is 58.6 Å². The van der Waals surface area contributed by atoms with Crippen LogP contribution in [0.5, 0.6) is 0 Å². The van der Waals surface area contributed by atoms with Crippen molar-refractivity contribution in [2.24, 2.45) is 5.41 Å². The second kappa shape index (κ2) is 10.7. The zero-order valence-electron chi connectivity index (χ0n) is 19.9. The van der Waals surface area contributed by atoms with Crippen LogP contribution in [0, 0.1) is 5.41 Å². The zero-order valence-corrected chi connectivity index (χ0v) is 20.8. The maximum absolute atomic E-state index is 12.1. The number of nitrogens with one attached hydrogen (secondary N) is 1. The average molecular weight is 471 g/mol. The molecular weight excluding hydrogens is 432 g/mol. The van der Waals surface area contributed by atoms with E-state index in [2.05, 4.69) is 71.1 Å². The van der Waals surface area contributed by atoms with E-state index in [9.17, 15) is 8.42 Å². The van der Waals surface area contributed by atoms with Crippen LogP contribution >= 0.6 is 0 Å². The molecule has 2 unspecified atom stereocenters. The first kappa shape index (κ1) is 24.4. The van der Waals surface area contributed by atoms with Crippen LogP contribution in [-0.4, -0.2) is 51.4 Å². The second-order valence-corrected chi connectivity index (χ2v) is 12.1. The molecular formula is C27H38N2O3S. The van der Waals surface area contributed by atoms with Crippen LogP contribution in [0.15, 0.2) is 60.7 Å². The minimum Gasteiger partial charge on any atom is -0.378 e. The Bertz CT molecular complexity index is 975. The van der Waals surface area contributed by atoms with Crippen LogP contribution in [0.4, 0.5) is 0 Å². The Hall–Kier alpha value is -1.73. The third-order valence-electron chi connectivity index (χ3n) is 7.36. The fraction of sp³-hybridized carbons (Fsp3) is 0.556. The first-order valence-corrected chi connectivity index (χ1v) is 14.1. The molecule has 1 saturated carbocycles. The number of likely N-dealkylation sites (tertiary alicyclic amines) is 1.